The van der Waals surface area contributed by atoms with Crippen molar-refractivity contribution in [2.24, 2.45) is 0 Å². The fourth-order valence-corrected chi connectivity index (χ4v) is 3.78. The number of allylic oxidation sites excluding steroid dienone is 1. The molecule has 1 aromatic heterocycles. The molecular weight excluding hydrogens is 250 g/mol. The van der Waals surface area contributed by atoms with E-state index in [-0.39, 0.29) is 0 Å². The van der Waals surface area contributed by atoms with Gasteiger partial charge in [-0.2, -0.15) is 0 Å². The highest BCUT2D eigenvalue weighted by atomic mass is 35.5. The Kier molecular flexibility index (Phi) is 4.66. The van der Waals surface area contributed by atoms with Crippen LogP contribution in [0, 0.1) is 6.92 Å². The molecule has 17 heavy (non-hydrogen) atoms. The normalized spacial score (nSPS) is 17.9. The summed E-state index contributed by atoms with van der Waals surface area (Å²) in [5.41, 5.74) is 2.73. The largest absolute Gasteiger partial charge is 0.306 e. The third-order valence-corrected chi connectivity index (χ3v) is 5.07. The monoisotopic (exact) mass is 269 g/mol. The summed E-state index contributed by atoms with van der Waals surface area (Å²) in [6.45, 7) is 5.22. The average Bonchev–Trinajstić information content (AvgIpc) is 2.69. The lowest BCUT2D eigenvalue weighted by atomic mass is 9.93. The third-order valence-electron chi connectivity index (χ3n) is 3.29. The van der Waals surface area contributed by atoms with Crippen LogP contribution in [-0.4, -0.2) is 6.54 Å². The Hall–Kier alpha value is -0.310. The summed E-state index contributed by atoms with van der Waals surface area (Å²) in [5.74, 6) is 0. The van der Waals surface area contributed by atoms with Crippen molar-refractivity contribution in [1.82, 2.24) is 5.32 Å². The van der Waals surface area contributed by atoms with Gasteiger partial charge >= 0.3 is 0 Å². The minimum Gasteiger partial charge on any atom is -0.306 e. The molecule has 0 aliphatic heterocycles. The van der Waals surface area contributed by atoms with E-state index in [0.29, 0.717) is 6.04 Å². The number of hydrogen-bond donors (Lipinski definition) is 1. The fourth-order valence-electron chi connectivity index (χ4n) is 2.37. The molecule has 0 fully saturated rings. The van der Waals surface area contributed by atoms with E-state index in [0.717, 1.165) is 11.6 Å². The maximum atomic E-state index is 6.40. The van der Waals surface area contributed by atoms with Gasteiger partial charge in [0.25, 0.3) is 0 Å². The molecule has 1 aromatic rings. The molecular formula is C14H20ClNS. The summed E-state index contributed by atoms with van der Waals surface area (Å²) in [5, 5.41) is 6.69. The van der Waals surface area contributed by atoms with Gasteiger partial charge in [-0.05, 0) is 50.1 Å². The van der Waals surface area contributed by atoms with Gasteiger partial charge in [0, 0.05) is 4.88 Å². The van der Waals surface area contributed by atoms with E-state index in [1.54, 1.807) is 11.3 Å². The molecule has 3 heteroatoms. The Morgan fingerprint density at radius 2 is 2.29 bits per heavy atom. The zero-order valence-electron chi connectivity index (χ0n) is 10.6. The topological polar surface area (TPSA) is 12.0 Å². The van der Waals surface area contributed by atoms with E-state index in [9.17, 15) is 0 Å². The molecule has 0 amide bonds. The first kappa shape index (κ1) is 13.1. The van der Waals surface area contributed by atoms with Crippen LogP contribution in [0.3, 0.4) is 0 Å². The zero-order chi connectivity index (χ0) is 12.3. The van der Waals surface area contributed by atoms with Crippen LogP contribution >= 0.6 is 22.9 Å². The Bertz CT molecular complexity index is 408. The summed E-state index contributed by atoms with van der Waals surface area (Å²) in [6.07, 6.45) is 7.49. The molecule has 0 spiro atoms. The number of hydrogen-bond acceptors (Lipinski definition) is 2. The van der Waals surface area contributed by atoms with Crippen molar-refractivity contribution in [2.45, 2.75) is 45.6 Å². The van der Waals surface area contributed by atoms with Gasteiger partial charge in [0.05, 0.1) is 11.1 Å². The minimum atomic E-state index is 0.339. The number of rotatable bonds is 4. The number of likely N-dealkylation sites (N-methyl/N-ethyl adjacent to an activating group) is 1. The van der Waals surface area contributed by atoms with E-state index in [4.69, 9.17) is 11.6 Å². The zero-order valence-corrected chi connectivity index (χ0v) is 12.1. The highest BCUT2D eigenvalue weighted by Crippen LogP contribution is 2.38. The maximum Gasteiger partial charge on any atom is 0.0645 e. The molecule has 2 rings (SSSR count). The van der Waals surface area contributed by atoms with Gasteiger partial charge in [0.1, 0.15) is 0 Å². The fraction of sp³-hybridized carbons (Fsp3) is 0.571. The lowest BCUT2D eigenvalue weighted by molar-refractivity contribution is 0.570. The molecule has 0 saturated heterocycles. The van der Waals surface area contributed by atoms with Gasteiger partial charge in [0.2, 0.25) is 0 Å². The van der Waals surface area contributed by atoms with Crippen LogP contribution in [0.2, 0.25) is 5.02 Å². The third kappa shape index (κ3) is 2.93. The highest BCUT2D eigenvalue weighted by Gasteiger charge is 2.21. The molecule has 1 unspecified atom stereocenters. The van der Waals surface area contributed by atoms with E-state index in [2.05, 4.69) is 30.6 Å². The van der Waals surface area contributed by atoms with E-state index < -0.39 is 0 Å². The molecule has 0 aromatic carbocycles. The number of nitrogens with one attached hydrogen (secondary N) is 1. The summed E-state index contributed by atoms with van der Waals surface area (Å²) in [4.78, 5) is 1.29. The summed E-state index contributed by atoms with van der Waals surface area (Å²) < 4.78 is 0. The predicted molar refractivity (Wildman–Crippen MR) is 77.0 cm³/mol. The lowest BCUT2D eigenvalue weighted by Crippen LogP contribution is -2.23. The molecule has 0 radical (unpaired) electrons. The Morgan fingerprint density at radius 1 is 1.47 bits per heavy atom. The van der Waals surface area contributed by atoms with Crippen LogP contribution in [0.5, 0.6) is 0 Å². The minimum absolute atomic E-state index is 0.339. The van der Waals surface area contributed by atoms with E-state index >= 15 is 0 Å². The molecule has 0 bridgehead atoms. The summed E-state index contributed by atoms with van der Waals surface area (Å²) in [6, 6.07) is 0.339. The molecule has 1 N–H and O–H groups in total. The molecule has 1 heterocycles. The SMILES string of the molecule is CCNC(C1=CCCCC1)c1scc(C)c1Cl. The Labute approximate surface area is 113 Å². The molecule has 1 nitrogen and oxygen atoms in total. The van der Waals surface area contributed by atoms with E-state index in [1.165, 1.54) is 41.7 Å². The van der Waals surface area contributed by atoms with Crippen molar-refractivity contribution in [1.29, 1.82) is 0 Å². The smallest absolute Gasteiger partial charge is 0.0645 e. The summed E-state index contributed by atoms with van der Waals surface area (Å²) in [7, 11) is 0. The Morgan fingerprint density at radius 3 is 2.82 bits per heavy atom. The van der Waals surface area contributed by atoms with Crippen LogP contribution in [0.15, 0.2) is 17.0 Å². The van der Waals surface area contributed by atoms with Crippen LogP contribution < -0.4 is 5.32 Å². The predicted octanol–water partition coefficient (Wildman–Crippen LogP) is 4.86. The Balaban J connectivity index is 2.28. The molecule has 1 atom stereocenters. The lowest BCUT2D eigenvalue weighted by Gasteiger charge is -2.23. The van der Waals surface area contributed by atoms with Gasteiger partial charge < -0.3 is 5.32 Å². The molecule has 0 saturated carbocycles. The number of aryl methyl sites for hydroxylation is 1. The second-order valence-corrected chi connectivity index (χ2v) is 5.90. The second-order valence-electron chi connectivity index (χ2n) is 4.61. The van der Waals surface area contributed by atoms with Gasteiger partial charge in [-0.15, -0.1) is 11.3 Å². The van der Waals surface area contributed by atoms with Crippen molar-refractivity contribution in [3.8, 4) is 0 Å². The van der Waals surface area contributed by atoms with Gasteiger partial charge in [0.15, 0.2) is 0 Å². The number of halogens is 1. The van der Waals surface area contributed by atoms with Gasteiger partial charge in [-0.3, -0.25) is 0 Å². The van der Waals surface area contributed by atoms with Crippen molar-refractivity contribution in [3.05, 3.63) is 32.5 Å². The maximum absolute atomic E-state index is 6.40. The van der Waals surface area contributed by atoms with Crippen LogP contribution in [0.1, 0.15) is 49.1 Å². The first-order chi connectivity index (χ1) is 8.24. The van der Waals surface area contributed by atoms with Crippen LogP contribution in [0.4, 0.5) is 0 Å². The van der Waals surface area contributed by atoms with Crippen molar-refractivity contribution < 1.29 is 0 Å². The average molecular weight is 270 g/mol. The number of thiophene rings is 1. The molecule has 1 aliphatic rings. The quantitative estimate of drug-likeness (QED) is 0.770. The van der Waals surface area contributed by atoms with Crippen molar-refractivity contribution in [3.63, 3.8) is 0 Å². The van der Waals surface area contributed by atoms with Crippen LogP contribution in [0.25, 0.3) is 0 Å². The second kappa shape index (κ2) is 6.03. The molecule has 1 aliphatic carbocycles. The summed E-state index contributed by atoms with van der Waals surface area (Å²) >= 11 is 8.18. The molecule has 94 valence electrons. The van der Waals surface area contributed by atoms with E-state index in [1.807, 2.05) is 0 Å². The van der Waals surface area contributed by atoms with Crippen molar-refractivity contribution in [2.75, 3.05) is 6.54 Å². The van der Waals surface area contributed by atoms with Crippen LogP contribution in [-0.2, 0) is 0 Å². The standard InChI is InChI=1S/C14H20ClNS/c1-3-16-13(11-7-5-4-6-8-11)14-12(15)10(2)9-17-14/h7,9,13,16H,3-6,8H2,1-2H3. The van der Waals surface area contributed by atoms with Gasteiger partial charge in [-0.1, -0.05) is 30.2 Å². The van der Waals surface area contributed by atoms with Crippen molar-refractivity contribution >= 4 is 22.9 Å². The first-order valence-corrected chi connectivity index (χ1v) is 7.65. The highest BCUT2D eigenvalue weighted by molar-refractivity contribution is 7.10. The van der Waals surface area contributed by atoms with Gasteiger partial charge in [-0.25, -0.2) is 0 Å². The first-order valence-electron chi connectivity index (χ1n) is 6.39.